The Hall–Kier alpha value is 0.943. The zero-order valence-electron chi connectivity index (χ0n) is 5.13. The first-order valence-electron chi connectivity index (χ1n) is 2.37. The summed E-state index contributed by atoms with van der Waals surface area (Å²) < 4.78 is 0.771. The summed E-state index contributed by atoms with van der Waals surface area (Å²) in [4.78, 5) is 0. The van der Waals surface area contributed by atoms with Gasteiger partial charge in [0.2, 0.25) is 0 Å². The monoisotopic (exact) mass is 241 g/mol. The van der Waals surface area contributed by atoms with Gasteiger partial charge in [0.15, 0.2) is 0 Å². The molecule has 1 atom stereocenters. The third-order valence-corrected chi connectivity index (χ3v) is 1.89. The van der Waals surface area contributed by atoms with Crippen LogP contribution in [0.1, 0.15) is 6.92 Å². The Morgan fingerprint density at radius 1 is 1.44 bits per heavy atom. The van der Waals surface area contributed by atoms with Crippen molar-refractivity contribution in [1.29, 1.82) is 0 Å². The molecule has 0 N–H and O–H groups in total. The molecule has 0 bridgehead atoms. The summed E-state index contributed by atoms with van der Waals surface area (Å²) in [5.74, 6) is 0. The number of hydrogen-bond donors (Lipinski definition) is 0. The van der Waals surface area contributed by atoms with Crippen LogP contribution in [0.25, 0.3) is 0 Å². The first kappa shape index (κ1) is 12.6. The van der Waals surface area contributed by atoms with Gasteiger partial charge in [-0.25, -0.2) is 0 Å². The molecule has 1 unspecified atom stereocenters. The molecule has 0 saturated carbocycles. The number of hydrogen-bond acceptors (Lipinski definition) is 0. The molecule has 1 aliphatic rings. The second-order valence-corrected chi connectivity index (χ2v) is 3.43. The molecular formula is C6H9Cl2Zr. The largest absolute Gasteiger partial charge is 0.147 e. The second kappa shape index (κ2) is 5.71. The van der Waals surface area contributed by atoms with E-state index < -0.39 is 0 Å². The van der Waals surface area contributed by atoms with Crippen molar-refractivity contribution < 1.29 is 24.7 Å². The van der Waals surface area contributed by atoms with Crippen molar-refractivity contribution in [3.63, 3.8) is 0 Å². The average Bonchev–Trinajstić information content (AvgIpc) is 1.87. The molecule has 0 amide bonds. The van der Waals surface area contributed by atoms with Crippen LogP contribution in [-0.4, -0.2) is 0 Å². The average molecular weight is 243 g/mol. The van der Waals surface area contributed by atoms with E-state index in [-0.39, 0.29) is 24.8 Å². The SMILES string of the molecule is CC1=C[CH]([Zr])C=C1.Cl.Cl. The number of halogens is 2. The molecule has 0 heterocycles. The molecule has 1 rings (SSSR count). The second-order valence-electron chi connectivity index (χ2n) is 1.80. The normalized spacial score (nSPS) is 21.8. The Balaban J connectivity index is 0. The van der Waals surface area contributed by atoms with Gasteiger partial charge < -0.3 is 0 Å². The Kier molecular flexibility index (Phi) is 7.99. The van der Waals surface area contributed by atoms with Gasteiger partial charge in [0.1, 0.15) is 0 Å². The summed E-state index contributed by atoms with van der Waals surface area (Å²) in [7, 11) is 0. The zero-order chi connectivity index (χ0) is 5.28. The van der Waals surface area contributed by atoms with Crippen molar-refractivity contribution in [1.82, 2.24) is 0 Å². The summed E-state index contributed by atoms with van der Waals surface area (Å²) in [5.41, 5.74) is 1.42. The maximum atomic E-state index is 2.29. The molecule has 0 aliphatic heterocycles. The predicted molar refractivity (Wildman–Crippen MR) is 41.1 cm³/mol. The van der Waals surface area contributed by atoms with Crippen LogP contribution in [0.5, 0.6) is 0 Å². The van der Waals surface area contributed by atoms with Crippen molar-refractivity contribution in [3.05, 3.63) is 23.8 Å². The van der Waals surface area contributed by atoms with Crippen LogP contribution in [0.4, 0.5) is 0 Å². The summed E-state index contributed by atoms with van der Waals surface area (Å²) in [6.07, 6.45) is 6.71. The van der Waals surface area contributed by atoms with Gasteiger partial charge in [0.25, 0.3) is 0 Å². The van der Waals surface area contributed by atoms with E-state index >= 15 is 0 Å². The van der Waals surface area contributed by atoms with Gasteiger partial charge in [0.05, 0.1) is 0 Å². The van der Waals surface area contributed by atoms with Gasteiger partial charge in [-0.3, -0.25) is 0 Å². The van der Waals surface area contributed by atoms with Gasteiger partial charge in [-0.1, -0.05) is 0 Å². The standard InChI is InChI=1S/C6H7.2ClH.Zr/c1-6-4-2-3-5-6;;;/h2-5H,1H3;2*1H;. The van der Waals surface area contributed by atoms with Gasteiger partial charge in [-0.05, 0) is 0 Å². The van der Waals surface area contributed by atoms with Crippen LogP contribution < -0.4 is 0 Å². The minimum Gasteiger partial charge on any atom is -0.147 e. The van der Waals surface area contributed by atoms with Gasteiger partial charge in [-0.2, -0.15) is 0 Å². The molecule has 0 saturated heterocycles. The zero-order valence-corrected chi connectivity index (χ0v) is 9.22. The first-order chi connectivity index (χ1) is 3.29. The Morgan fingerprint density at radius 3 is 2.11 bits per heavy atom. The maximum absolute atomic E-state index is 2.29. The fourth-order valence-corrected chi connectivity index (χ4v) is 1.53. The van der Waals surface area contributed by atoms with E-state index in [0.29, 0.717) is 0 Å². The molecule has 1 aliphatic carbocycles. The molecule has 51 valence electrons. The Morgan fingerprint density at radius 2 is 2.00 bits per heavy atom. The Labute approximate surface area is 83.5 Å². The molecule has 0 spiro atoms. The van der Waals surface area contributed by atoms with E-state index in [4.69, 9.17) is 0 Å². The molecule has 0 aromatic heterocycles. The fourth-order valence-electron chi connectivity index (χ4n) is 0.650. The van der Waals surface area contributed by atoms with Crippen LogP contribution in [0, 0.1) is 0 Å². The topological polar surface area (TPSA) is 0 Å². The quantitative estimate of drug-likeness (QED) is 0.613. The van der Waals surface area contributed by atoms with Crippen molar-refractivity contribution >= 4 is 24.8 Å². The summed E-state index contributed by atoms with van der Waals surface area (Å²) in [5, 5.41) is 0. The summed E-state index contributed by atoms with van der Waals surface area (Å²) in [6.45, 7) is 2.14. The molecule has 0 radical (unpaired) electrons. The maximum Gasteiger partial charge on any atom is -0.147 e. The Bertz CT molecular complexity index is 129. The van der Waals surface area contributed by atoms with Crippen LogP contribution >= 0.6 is 24.8 Å². The molecule has 0 fully saturated rings. The van der Waals surface area contributed by atoms with Crippen LogP contribution in [0.3, 0.4) is 0 Å². The van der Waals surface area contributed by atoms with E-state index in [1.54, 1.807) is 24.7 Å². The van der Waals surface area contributed by atoms with E-state index in [2.05, 4.69) is 25.2 Å². The molecule has 9 heavy (non-hydrogen) atoms. The number of rotatable bonds is 0. The third-order valence-electron chi connectivity index (χ3n) is 1.01. The van der Waals surface area contributed by atoms with E-state index in [1.807, 2.05) is 0 Å². The summed E-state index contributed by atoms with van der Waals surface area (Å²) >= 11 is 1.60. The smallest absolute Gasteiger partial charge is 0.147 e. The number of allylic oxidation sites excluding steroid dienone is 4. The molecule has 0 aromatic rings. The van der Waals surface area contributed by atoms with E-state index in [0.717, 1.165) is 3.63 Å². The van der Waals surface area contributed by atoms with Gasteiger partial charge in [-0.15, -0.1) is 24.8 Å². The molecule has 0 nitrogen and oxygen atoms in total. The van der Waals surface area contributed by atoms with Gasteiger partial charge in [0, 0.05) is 0 Å². The van der Waals surface area contributed by atoms with Crippen molar-refractivity contribution in [2.75, 3.05) is 0 Å². The minimum atomic E-state index is 0. The molecular weight excluding hydrogens is 234 g/mol. The van der Waals surface area contributed by atoms with Crippen molar-refractivity contribution in [2.45, 2.75) is 10.5 Å². The van der Waals surface area contributed by atoms with E-state index in [9.17, 15) is 0 Å². The van der Waals surface area contributed by atoms with Crippen molar-refractivity contribution in [3.8, 4) is 0 Å². The van der Waals surface area contributed by atoms with Crippen LogP contribution in [-0.2, 0) is 24.7 Å². The first-order valence-corrected chi connectivity index (χ1v) is 3.79. The minimum absolute atomic E-state index is 0. The van der Waals surface area contributed by atoms with Crippen LogP contribution in [0.2, 0.25) is 3.63 Å². The van der Waals surface area contributed by atoms with Crippen molar-refractivity contribution in [2.24, 2.45) is 0 Å². The fraction of sp³-hybridized carbons (Fsp3) is 0.333. The molecule has 3 heteroatoms. The predicted octanol–water partition coefficient (Wildman–Crippen LogP) is 2.68. The summed E-state index contributed by atoms with van der Waals surface area (Å²) in [6, 6.07) is 0. The van der Waals surface area contributed by atoms with E-state index in [1.165, 1.54) is 5.57 Å². The third kappa shape index (κ3) is 4.36. The molecule has 0 aromatic carbocycles. The van der Waals surface area contributed by atoms with Crippen LogP contribution in [0.15, 0.2) is 23.8 Å². The van der Waals surface area contributed by atoms with Gasteiger partial charge >= 0.3 is 59.1 Å².